The van der Waals surface area contributed by atoms with Gasteiger partial charge in [-0.3, -0.25) is 9.20 Å². The molecule has 0 radical (unpaired) electrons. The molecule has 0 spiro atoms. The Hall–Kier alpha value is -3.38. The molecular weight excluding hydrogens is 372 g/mol. The highest BCUT2D eigenvalue weighted by Gasteiger charge is 2.13. The first kappa shape index (κ1) is 16.8. The fraction of sp³-hybridized carbons (Fsp3) is 0.0909. The highest BCUT2D eigenvalue weighted by Crippen LogP contribution is 2.31. The van der Waals surface area contributed by atoms with Gasteiger partial charge in [0.1, 0.15) is 11.5 Å². The molecule has 0 N–H and O–H groups in total. The zero-order valence-corrected chi connectivity index (χ0v) is 16.1. The Morgan fingerprint density at radius 2 is 1.64 bits per heavy atom. The van der Waals surface area contributed by atoms with Gasteiger partial charge in [0.05, 0.1) is 35.3 Å². The average Bonchev–Trinajstić information content (AvgIpc) is 3.11. The van der Waals surface area contributed by atoms with Crippen molar-refractivity contribution in [1.29, 1.82) is 0 Å². The molecule has 2 heterocycles. The minimum atomic E-state index is -0.0610. The van der Waals surface area contributed by atoms with Crippen molar-refractivity contribution < 1.29 is 9.47 Å². The van der Waals surface area contributed by atoms with Crippen LogP contribution in [-0.4, -0.2) is 23.6 Å². The summed E-state index contributed by atoms with van der Waals surface area (Å²) in [5.74, 6) is 1.40. The van der Waals surface area contributed by atoms with Gasteiger partial charge in [-0.05, 0) is 47.5 Å². The van der Waals surface area contributed by atoms with Gasteiger partial charge in [0.2, 0.25) is 0 Å². The second-order valence-electron chi connectivity index (χ2n) is 6.44. The van der Waals surface area contributed by atoms with E-state index in [1.54, 1.807) is 18.6 Å². The largest absolute Gasteiger partial charge is 0.497 e. The number of ether oxygens (including phenoxy) is 2. The predicted molar refractivity (Wildman–Crippen MR) is 113 cm³/mol. The van der Waals surface area contributed by atoms with Crippen LogP contribution in [0.1, 0.15) is 0 Å². The van der Waals surface area contributed by atoms with Crippen LogP contribution >= 0.6 is 11.3 Å². The van der Waals surface area contributed by atoms with Gasteiger partial charge in [-0.2, -0.15) is 0 Å². The third kappa shape index (κ3) is 2.53. The molecule has 2 aromatic heterocycles. The van der Waals surface area contributed by atoms with Crippen LogP contribution in [0.2, 0.25) is 0 Å². The molecule has 0 saturated carbocycles. The first-order chi connectivity index (χ1) is 13.7. The maximum atomic E-state index is 13.3. The number of para-hydroxylation sites is 1. The Morgan fingerprint density at radius 1 is 0.893 bits per heavy atom. The van der Waals surface area contributed by atoms with Crippen LogP contribution < -0.4 is 15.0 Å². The Bertz CT molecular complexity index is 1400. The van der Waals surface area contributed by atoms with Gasteiger partial charge < -0.3 is 9.47 Å². The summed E-state index contributed by atoms with van der Waals surface area (Å²) in [4.78, 5) is 18.7. The third-order valence-corrected chi connectivity index (χ3v) is 5.85. The van der Waals surface area contributed by atoms with Crippen LogP contribution in [-0.2, 0) is 0 Å². The van der Waals surface area contributed by atoms with Gasteiger partial charge >= 0.3 is 0 Å². The number of hydrogen-bond donors (Lipinski definition) is 0. The minimum absolute atomic E-state index is 0.0610. The number of fused-ring (bicyclic) bond motifs is 4. The average molecular weight is 388 g/mol. The fourth-order valence-electron chi connectivity index (χ4n) is 3.43. The smallest absolute Gasteiger partial charge is 0.266 e. The summed E-state index contributed by atoms with van der Waals surface area (Å²) in [5, 5.41) is 0.584. The van der Waals surface area contributed by atoms with Crippen molar-refractivity contribution in [3.05, 3.63) is 71.0 Å². The summed E-state index contributed by atoms with van der Waals surface area (Å²) in [6.45, 7) is 0. The van der Waals surface area contributed by atoms with Crippen molar-refractivity contribution in [2.75, 3.05) is 14.2 Å². The van der Waals surface area contributed by atoms with Gasteiger partial charge in [-0.15, -0.1) is 0 Å². The van der Waals surface area contributed by atoms with Crippen molar-refractivity contribution in [2.45, 2.75) is 0 Å². The normalized spacial score (nSPS) is 11.4. The maximum Gasteiger partial charge on any atom is 0.266 e. The van der Waals surface area contributed by atoms with Crippen molar-refractivity contribution >= 4 is 37.4 Å². The molecule has 6 heteroatoms. The number of rotatable bonds is 3. The predicted octanol–water partition coefficient (Wildman–Crippen LogP) is 4.75. The van der Waals surface area contributed by atoms with E-state index in [1.807, 2.05) is 60.7 Å². The highest BCUT2D eigenvalue weighted by molar-refractivity contribution is 7.23. The van der Waals surface area contributed by atoms with Gasteiger partial charge in [0.25, 0.3) is 5.56 Å². The van der Waals surface area contributed by atoms with Crippen LogP contribution in [0.15, 0.2) is 65.5 Å². The first-order valence-electron chi connectivity index (χ1n) is 8.75. The Balaban J connectivity index is 1.79. The van der Waals surface area contributed by atoms with Crippen molar-refractivity contribution in [3.63, 3.8) is 0 Å². The van der Waals surface area contributed by atoms with Crippen LogP contribution in [0, 0.1) is 0 Å². The molecule has 3 aromatic carbocycles. The van der Waals surface area contributed by atoms with Crippen molar-refractivity contribution in [2.24, 2.45) is 0 Å². The van der Waals surface area contributed by atoms with E-state index in [9.17, 15) is 4.79 Å². The van der Waals surface area contributed by atoms with Crippen LogP contribution in [0.25, 0.3) is 37.2 Å². The van der Waals surface area contributed by atoms with Gasteiger partial charge in [-0.1, -0.05) is 29.5 Å². The Labute approximate surface area is 164 Å². The molecule has 0 aliphatic heterocycles. The molecule has 0 amide bonds. The molecule has 5 rings (SSSR count). The summed E-state index contributed by atoms with van der Waals surface area (Å²) >= 11 is 1.52. The second-order valence-corrected chi connectivity index (χ2v) is 7.45. The van der Waals surface area contributed by atoms with Crippen molar-refractivity contribution in [3.8, 4) is 22.6 Å². The molecule has 0 aliphatic carbocycles. The highest BCUT2D eigenvalue weighted by atomic mass is 32.1. The van der Waals surface area contributed by atoms with E-state index in [0.29, 0.717) is 27.4 Å². The molecule has 0 saturated heterocycles. The number of thiazole rings is 1. The number of benzene rings is 3. The molecule has 5 aromatic rings. The standard InChI is InChI=1S/C22H16N2O3S/c1-26-15-9-14(10-16(12-15)27-2)13-7-8-18-17(11-13)21(25)24-19-5-3-4-6-20(19)28-22(24)23-18/h3-12H,1-2H3. The van der Waals surface area contributed by atoms with E-state index in [0.717, 1.165) is 21.3 Å². The topological polar surface area (TPSA) is 52.8 Å². The molecular formula is C22H16N2O3S. The van der Waals surface area contributed by atoms with Gasteiger partial charge in [0.15, 0.2) is 4.96 Å². The van der Waals surface area contributed by atoms with Crippen LogP contribution in [0.4, 0.5) is 0 Å². The van der Waals surface area contributed by atoms with Crippen LogP contribution in [0.5, 0.6) is 11.5 Å². The van der Waals surface area contributed by atoms with Gasteiger partial charge in [-0.25, -0.2) is 4.98 Å². The van der Waals surface area contributed by atoms with Crippen molar-refractivity contribution in [1.82, 2.24) is 9.38 Å². The van der Waals surface area contributed by atoms with Gasteiger partial charge in [0, 0.05) is 6.07 Å². The second kappa shape index (κ2) is 6.35. The quantitative estimate of drug-likeness (QED) is 0.448. The van der Waals surface area contributed by atoms with E-state index in [4.69, 9.17) is 14.5 Å². The summed E-state index contributed by atoms with van der Waals surface area (Å²) in [6.07, 6.45) is 0. The Kier molecular flexibility index (Phi) is 3.80. The molecule has 0 fully saturated rings. The summed E-state index contributed by atoms with van der Waals surface area (Å²) in [7, 11) is 3.24. The van der Waals surface area contributed by atoms with E-state index in [2.05, 4.69) is 0 Å². The van der Waals surface area contributed by atoms with E-state index >= 15 is 0 Å². The lowest BCUT2D eigenvalue weighted by Crippen LogP contribution is -2.13. The molecule has 0 unspecified atom stereocenters. The summed E-state index contributed by atoms with van der Waals surface area (Å²) < 4.78 is 13.5. The molecule has 0 aliphatic rings. The number of hydrogen-bond acceptors (Lipinski definition) is 5. The number of aromatic nitrogens is 2. The van der Waals surface area contributed by atoms with E-state index in [1.165, 1.54) is 11.3 Å². The Morgan fingerprint density at radius 3 is 2.39 bits per heavy atom. The molecule has 5 nitrogen and oxygen atoms in total. The maximum absolute atomic E-state index is 13.3. The monoisotopic (exact) mass is 388 g/mol. The summed E-state index contributed by atoms with van der Waals surface area (Å²) in [6, 6.07) is 19.3. The lowest BCUT2D eigenvalue weighted by Gasteiger charge is -2.09. The summed E-state index contributed by atoms with van der Waals surface area (Å²) in [5.41, 5.74) is 3.33. The fourth-order valence-corrected chi connectivity index (χ4v) is 4.45. The minimum Gasteiger partial charge on any atom is -0.497 e. The first-order valence-corrected chi connectivity index (χ1v) is 9.57. The molecule has 0 bridgehead atoms. The number of methoxy groups -OCH3 is 2. The molecule has 28 heavy (non-hydrogen) atoms. The van der Waals surface area contributed by atoms with Crippen LogP contribution in [0.3, 0.4) is 0 Å². The molecule has 0 atom stereocenters. The third-order valence-electron chi connectivity index (χ3n) is 4.83. The number of nitrogens with zero attached hydrogens (tertiary/aromatic N) is 2. The lowest BCUT2D eigenvalue weighted by atomic mass is 10.0. The van der Waals surface area contributed by atoms with E-state index in [-0.39, 0.29) is 5.56 Å². The molecule has 138 valence electrons. The lowest BCUT2D eigenvalue weighted by molar-refractivity contribution is 0.394. The van der Waals surface area contributed by atoms with E-state index < -0.39 is 0 Å². The zero-order chi connectivity index (χ0) is 19.3. The SMILES string of the molecule is COc1cc(OC)cc(-c2ccc3nc4sc5ccccc5n4c(=O)c3c2)c1. The zero-order valence-electron chi connectivity index (χ0n) is 15.3.